The lowest BCUT2D eigenvalue weighted by atomic mass is 10.2. The van der Waals surface area contributed by atoms with E-state index in [0.717, 1.165) is 38.5 Å². The maximum absolute atomic E-state index is 5.96. The molecule has 2 aliphatic rings. The normalized spacial score (nSPS) is 20.3. The summed E-state index contributed by atoms with van der Waals surface area (Å²) in [5.41, 5.74) is 2.65. The summed E-state index contributed by atoms with van der Waals surface area (Å²) in [5, 5.41) is 3.38. The summed E-state index contributed by atoms with van der Waals surface area (Å²) in [6, 6.07) is 0. The highest BCUT2D eigenvalue weighted by molar-refractivity contribution is 5.19. The van der Waals surface area contributed by atoms with Gasteiger partial charge in [0.05, 0.1) is 18.4 Å². The zero-order valence-corrected chi connectivity index (χ0v) is 11.2. The first kappa shape index (κ1) is 12.2. The van der Waals surface area contributed by atoms with E-state index in [2.05, 4.69) is 21.8 Å². The zero-order valence-electron chi connectivity index (χ0n) is 11.2. The number of hydrogen-bond acceptors (Lipinski definition) is 3. The van der Waals surface area contributed by atoms with Gasteiger partial charge in [-0.05, 0) is 19.8 Å². The second kappa shape index (κ2) is 5.41. The molecule has 0 radical (unpaired) electrons. The molecule has 4 nitrogen and oxygen atoms in total. The largest absolute Gasteiger partial charge is 0.376 e. The van der Waals surface area contributed by atoms with E-state index in [0.29, 0.717) is 6.10 Å². The quantitative estimate of drug-likeness (QED) is 0.884. The Kier molecular flexibility index (Phi) is 3.66. The molecule has 1 fully saturated rings. The summed E-state index contributed by atoms with van der Waals surface area (Å²) < 4.78 is 8.31. The van der Waals surface area contributed by atoms with Crippen LogP contribution in [0.4, 0.5) is 0 Å². The molecule has 1 aliphatic carbocycles. The van der Waals surface area contributed by atoms with E-state index in [9.17, 15) is 0 Å². The Labute approximate surface area is 109 Å². The fourth-order valence-corrected chi connectivity index (χ4v) is 3.17. The molecule has 3 rings (SSSR count). The SMILES string of the molecule is Cc1nc2c(n1CCOC1CCCC1)CCNC2. The number of nitrogens with zero attached hydrogens (tertiary/aromatic N) is 2. The molecule has 18 heavy (non-hydrogen) atoms. The van der Waals surface area contributed by atoms with Crippen molar-refractivity contribution in [2.24, 2.45) is 0 Å². The summed E-state index contributed by atoms with van der Waals surface area (Å²) >= 11 is 0. The van der Waals surface area contributed by atoms with E-state index >= 15 is 0 Å². The van der Waals surface area contributed by atoms with Gasteiger partial charge in [0.15, 0.2) is 0 Å². The lowest BCUT2D eigenvalue weighted by Gasteiger charge is -2.17. The summed E-state index contributed by atoms with van der Waals surface area (Å²) in [5.74, 6) is 1.14. The van der Waals surface area contributed by atoms with Crippen LogP contribution in [0.25, 0.3) is 0 Å². The summed E-state index contributed by atoms with van der Waals surface area (Å²) in [6.07, 6.45) is 6.81. The van der Waals surface area contributed by atoms with Crippen LogP contribution in [0.1, 0.15) is 42.9 Å². The lowest BCUT2D eigenvalue weighted by molar-refractivity contribution is 0.0523. The van der Waals surface area contributed by atoms with Gasteiger partial charge in [-0.1, -0.05) is 12.8 Å². The van der Waals surface area contributed by atoms with Gasteiger partial charge in [-0.25, -0.2) is 4.98 Å². The van der Waals surface area contributed by atoms with Crippen LogP contribution in [0, 0.1) is 6.92 Å². The zero-order chi connectivity index (χ0) is 12.4. The van der Waals surface area contributed by atoms with Gasteiger partial charge in [-0.2, -0.15) is 0 Å². The van der Waals surface area contributed by atoms with E-state index in [1.54, 1.807) is 0 Å². The van der Waals surface area contributed by atoms with E-state index in [-0.39, 0.29) is 0 Å². The molecule has 1 aliphatic heterocycles. The van der Waals surface area contributed by atoms with Crippen molar-refractivity contribution in [2.75, 3.05) is 13.2 Å². The fraction of sp³-hybridized carbons (Fsp3) is 0.786. The monoisotopic (exact) mass is 249 g/mol. The molecule has 2 heterocycles. The van der Waals surface area contributed by atoms with Crippen molar-refractivity contribution in [1.82, 2.24) is 14.9 Å². The molecule has 1 aromatic heterocycles. The average Bonchev–Trinajstić information content (AvgIpc) is 2.98. The number of aromatic nitrogens is 2. The van der Waals surface area contributed by atoms with Crippen molar-refractivity contribution in [1.29, 1.82) is 0 Å². The Balaban J connectivity index is 1.59. The van der Waals surface area contributed by atoms with Gasteiger partial charge in [0.1, 0.15) is 5.82 Å². The molecule has 0 unspecified atom stereocenters. The van der Waals surface area contributed by atoms with Crippen LogP contribution in [0.2, 0.25) is 0 Å². The topological polar surface area (TPSA) is 39.1 Å². The predicted molar refractivity (Wildman–Crippen MR) is 70.6 cm³/mol. The molecule has 1 N–H and O–H groups in total. The van der Waals surface area contributed by atoms with Gasteiger partial charge in [0, 0.05) is 31.7 Å². The molecule has 0 amide bonds. The van der Waals surface area contributed by atoms with Crippen LogP contribution >= 0.6 is 0 Å². The number of fused-ring (bicyclic) bond motifs is 1. The highest BCUT2D eigenvalue weighted by Crippen LogP contribution is 2.21. The molecule has 0 bridgehead atoms. The number of aryl methyl sites for hydroxylation is 1. The molecule has 0 saturated heterocycles. The second-order valence-corrected chi connectivity index (χ2v) is 5.41. The third-order valence-corrected chi connectivity index (χ3v) is 4.15. The van der Waals surface area contributed by atoms with Gasteiger partial charge in [-0.15, -0.1) is 0 Å². The average molecular weight is 249 g/mol. The van der Waals surface area contributed by atoms with Gasteiger partial charge in [0.2, 0.25) is 0 Å². The molecule has 100 valence electrons. The Bertz CT molecular complexity index is 407. The van der Waals surface area contributed by atoms with Crippen LogP contribution in [-0.4, -0.2) is 28.8 Å². The highest BCUT2D eigenvalue weighted by Gasteiger charge is 2.18. The number of imidazole rings is 1. The van der Waals surface area contributed by atoms with Crippen molar-refractivity contribution < 1.29 is 4.74 Å². The van der Waals surface area contributed by atoms with E-state index in [4.69, 9.17) is 4.74 Å². The first-order valence-corrected chi connectivity index (χ1v) is 7.22. The van der Waals surface area contributed by atoms with Crippen LogP contribution in [-0.2, 0) is 24.2 Å². The van der Waals surface area contributed by atoms with Crippen LogP contribution in [0.15, 0.2) is 0 Å². The number of nitrogens with one attached hydrogen (secondary N) is 1. The number of ether oxygens (including phenoxy) is 1. The van der Waals surface area contributed by atoms with E-state index < -0.39 is 0 Å². The number of rotatable bonds is 4. The molecule has 4 heteroatoms. The molecular formula is C14H23N3O. The van der Waals surface area contributed by atoms with Gasteiger partial charge >= 0.3 is 0 Å². The minimum Gasteiger partial charge on any atom is -0.376 e. The smallest absolute Gasteiger partial charge is 0.106 e. The van der Waals surface area contributed by atoms with Crippen molar-refractivity contribution >= 4 is 0 Å². The molecule has 1 aromatic rings. The Morgan fingerprint density at radius 2 is 2.22 bits per heavy atom. The van der Waals surface area contributed by atoms with Crippen molar-refractivity contribution in [3.63, 3.8) is 0 Å². The number of hydrogen-bond donors (Lipinski definition) is 1. The maximum Gasteiger partial charge on any atom is 0.106 e. The van der Waals surface area contributed by atoms with Crippen molar-refractivity contribution in [3.8, 4) is 0 Å². The lowest BCUT2D eigenvalue weighted by Crippen LogP contribution is -2.25. The highest BCUT2D eigenvalue weighted by atomic mass is 16.5. The van der Waals surface area contributed by atoms with Crippen LogP contribution in [0.3, 0.4) is 0 Å². The summed E-state index contributed by atoms with van der Waals surface area (Å²) in [7, 11) is 0. The van der Waals surface area contributed by atoms with Crippen LogP contribution in [0.5, 0.6) is 0 Å². The maximum atomic E-state index is 5.96. The standard InChI is InChI=1S/C14H23N3O/c1-11-16-13-10-15-7-6-14(13)17(11)8-9-18-12-4-2-3-5-12/h12,15H,2-10H2,1H3. The molecular weight excluding hydrogens is 226 g/mol. The Morgan fingerprint density at radius 3 is 3.06 bits per heavy atom. The van der Waals surface area contributed by atoms with Gasteiger partial charge < -0.3 is 14.6 Å². The minimum atomic E-state index is 0.520. The molecule has 0 aromatic carbocycles. The van der Waals surface area contributed by atoms with Gasteiger partial charge in [-0.3, -0.25) is 0 Å². The van der Waals surface area contributed by atoms with E-state index in [1.807, 2.05) is 0 Å². The molecule has 1 saturated carbocycles. The second-order valence-electron chi connectivity index (χ2n) is 5.41. The van der Waals surface area contributed by atoms with Gasteiger partial charge in [0.25, 0.3) is 0 Å². The summed E-state index contributed by atoms with van der Waals surface area (Å²) in [4.78, 5) is 4.65. The Morgan fingerprint density at radius 1 is 1.39 bits per heavy atom. The van der Waals surface area contributed by atoms with Crippen LogP contribution < -0.4 is 5.32 Å². The third kappa shape index (κ3) is 2.45. The summed E-state index contributed by atoms with van der Waals surface area (Å²) in [6.45, 7) is 5.90. The van der Waals surface area contributed by atoms with E-state index in [1.165, 1.54) is 37.1 Å². The van der Waals surface area contributed by atoms with Crippen molar-refractivity contribution in [2.45, 2.75) is 58.2 Å². The first-order valence-electron chi connectivity index (χ1n) is 7.22. The minimum absolute atomic E-state index is 0.520. The predicted octanol–water partition coefficient (Wildman–Crippen LogP) is 1.80. The first-order chi connectivity index (χ1) is 8.84. The fourth-order valence-electron chi connectivity index (χ4n) is 3.17. The molecule has 0 atom stereocenters. The molecule has 0 spiro atoms. The third-order valence-electron chi connectivity index (χ3n) is 4.15. The Hall–Kier alpha value is -0.870. The van der Waals surface area contributed by atoms with Crippen molar-refractivity contribution in [3.05, 3.63) is 17.2 Å².